The highest BCUT2D eigenvalue weighted by atomic mass is 32.2. The number of carbonyl (C=O) groups excluding carboxylic acids is 1. The van der Waals surface area contributed by atoms with Crippen LogP contribution >= 0.6 is 0 Å². The Labute approximate surface area is 251 Å². The molecule has 2 bridgehead atoms. The molecule has 2 saturated heterocycles. The molecule has 43 heavy (non-hydrogen) atoms. The van der Waals surface area contributed by atoms with E-state index in [2.05, 4.69) is 0 Å². The molecule has 3 aliphatic rings. The summed E-state index contributed by atoms with van der Waals surface area (Å²) < 4.78 is 49.6. The first kappa shape index (κ1) is 27.8. The van der Waals surface area contributed by atoms with Gasteiger partial charge in [0.25, 0.3) is 0 Å². The topological polar surface area (TPSA) is 82.1 Å². The van der Waals surface area contributed by atoms with Crippen LogP contribution in [0.25, 0.3) is 0 Å². The maximum Gasteiger partial charge on any atom is 0.411 e. The van der Waals surface area contributed by atoms with Gasteiger partial charge in [-0.2, -0.15) is 0 Å². The molecule has 220 valence electrons. The van der Waals surface area contributed by atoms with Crippen LogP contribution in [0.15, 0.2) is 120 Å². The van der Waals surface area contributed by atoms with E-state index < -0.39 is 56.9 Å². The molecule has 4 aromatic rings. The number of amides is 1. The number of fused-ring (bicyclic) bond motifs is 6. The van der Waals surface area contributed by atoms with Crippen molar-refractivity contribution in [1.29, 1.82) is 0 Å². The average Bonchev–Trinajstić information content (AvgIpc) is 3.65. The second kappa shape index (κ2) is 10.0. The molecular formula is C35H33NO6S. The van der Waals surface area contributed by atoms with Crippen LogP contribution in [0.2, 0.25) is 0 Å². The Morgan fingerprint density at radius 3 is 1.70 bits per heavy atom. The summed E-state index contributed by atoms with van der Waals surface area (Å²) in [7, 11) is -4.12. The highest BCUT2D eigenvalue weighted by molar-refractivity contribution is 7.92. The molecule has 3 aliphatic heterocycles. The summed E-state index contributed by atoms with van der Waals surface area (Å²) in [5.74, 6) is -1.73. The molecule has 2 fully saturated rings. The molecule has 0 unspecified atom stereocenters. The number of sulfone groups is 1. The van der Waals surface area contributed by atoms with Crippen molar-refractivity contribution in [2.75, 3.05) is 0 Å². The van der Waals surface area contributed by atoms with Gasteiger partial charge < -0.3 is 14.2 Å². The zero-order valence-electron chi connectivity index (χ0n) is 24.2. The van der Waals surface area contributed by atoms with Crippen molar-refractivity contribution in [2.45, 2.75) is 66.6 Å². The van der Waals surface area contributed by atoms with Gasteiger partial charge in [-0.1, -0.05) is 103 Å². The number of hydrogen-bond acceptors (Lipinski definition) is 6. The van der Waals surface area contributed by atoms with E-state index in [0.717, 1.165) is 22.3 Å². The van der Waals surface area contributed by atoms with Crippen molar-refractivity contribution in [3.8, 4) is 0 Å². The van der Waals surface area contributed by atoms with Crippen LogP contribution in [0.4, 0.5) is 4.79 Å². The van der Waals surface area contributed by atoms with E-state index in [4.69, 9.17) is 14.2 Å². The first-order valence-electron chi connectivity index (χ1n) is 14.5. The molecule has 0 N–H and O–H groups in total. The van der Waals surface area contributed by atoms with Crippen molar-refractivity contribution >= 4 is 15.9 Å². The predicted octanol–water partition coefficient (Wildman–Crippen LogP) is 7.10. The van der Waals surface area contributed by atoms with Crippen LogP contribution < -0.4 is 0 Å². The summed E-state index contributed by atoms with van der Waals surface area (Å²) in [6.07, 6.45) is -1.89. The largest absolute Gasteiger partial charge is 0.444 e. The van der Waals surface area contributed by atoms with Crippen molar-refractivity contribution in [2.24, 2.45) is 0 Å². The molecule has 0 aromatic heterocycles. The summed E-state index contributed by atoms with van der Waals surface area (Å²) in [6, 6.07) is 33.5. The van der Waals surface area contributed by atoms with Gasteiger partial charge in [0.05, 0.1) is 10.9 Å². The summed E-state index contributed by atoms with van der Waals surface area (Å²) in [4.78, 5) is 15.7. The predicted molar refractivity (Wildman–Crippen MR) is 161 cm³/mol. The van der Waals surface area contributed by atoms with Gasteiger partial charge in [0.2, 0.25) is 5.79 Å². The normalized spacial score (nSPS) is 25.6. The fourth-order valence-corrected chi connectivity index (χ4v) is 8.96. The van der Waals surface area contributed by atoms with Crippen molar-refractivity contribution < 1.29 is 27.4 Å². The molecule has 7 rings (SSSR count). The Morgan fingerprint density at radius 1 is 0.721 bits per heavy atom. The van der Waals surface area contributed by atoms with E-state index in [1.54, 1.807) is 51.1 Å². The van der Waals surface area contributed by atoms with Crippen LogP contribution in [-0.4, -0.2) is 36.0 Å². The third kappa shape index (κ3) is 4.39. The van der Waals surface area contributed by atoms with E-state index in [-0.39, 0.29) is 4.90 Å². The summed E-state index contributed by atoms with van der Waals surface area (Å²) >= 11 is 0. The number of nitrogens with zero attached hydrogens (tertiary/aromatic N) is 1. The van der Waals surface area contributed by atoms with Gasteiger partial charge in [-0.25, -0.2) is 13.2 Å². The molecule has 0 aliphatic carbocycles. The molecule has 4 aromatic carbocycles. The lowest BCUT2D eigenvalue weighted by Crippen LogP contribution is -2.51. The number of rotatable bonds is 4. The minimum absolute atomic E-state index is 0.139. The van der Waals surface area contributed by atoms with Gasteiger partial charge in [0, 0.05) is 0 Å². The summed E-state index contributed by atoms with van der Waals surface area (Å²) in [6.45, 7) is 5.39. The zero-order valence-corrected chi connectivity index (χ0v) is 25.0. The van der Waals surface area contributed by atoms with E-state index >= 15 is 0 Å². The van der Waals surface area contributed by atoms with Gasteiger partial charge in [-0.05, 0) is 55.2 Å². The fraction of sp³-hybridized carbons (Fsp3) is 0.286. The number of hydrogen-bond donors (Lipinski definition) is 0. The lowest BCUT2D eigenvalue weighted by Gasteiger charge is -2.38. The van der Waals surface area contributed by atoms with Gasteiger partial charge in [-0.15, -0.1) is 0 Å². The molecule has 1 amide bonds. The number of carbonyl (C=O) groups is 1. The maximum absolute atomic E-state index is 14.8. The first-order chi connectivity index (χ1) is 20.6. The highest BCUT2D eigenvalue weighted by Gasteiger charge is 2.76. The molecule has 0 radical (unpaired) electrons. The van der Waals surface area contributed by atoms with Gasteiger partial charge in [0.15, 0.2) is 9.84 Å². The Kier molecular flexibility index (Phi) is 6.50. The van der Waals surface area contributed by atoms with Crippen LogP contribution in [0.3, 0.4) is 0 Å². The zero-order chi connectivity index (χ0) is 30.0. The average molecular weight is 596 g/mol. The third-order valence-electron chi connectivity index (χ3n) is 8.42. The molecule has 5 atom stereocenters. The van der Waals surface area contributed by atoms with E-state index in [0.29, 0.717) is 0 Å². The Morgan fingerprint density at radius 2 is 1.19 bits per heavy atom. The van der Waals surface area contributed by atoms with Gasteiger partial charge in [0.1, 0.15) is 29.1 Å². The van der Waals surface area contributed by atoms with Crippen LogP contribution in [0, 0.1) is 0 Å². The smallest absolute Gasteiger partial charge is 0.411 e. The summed E-state index contributed by atoms with van der Waals surface area (Å²) in [5.41, 5.74) is 2.44. The standard InChI is InChI=1S/C35H33NO6S/c1-34(2,3)42-33(37)36-28-26-21-13-14-22-27(26)31(36)35(32(28)43(38,39)25-19-11-6-12-20-25)40-29(23-15-7-4-8-16-23)30(41-35)24-17-9-5-10-18-24/h4-22,28-32H,1-3H3/t28-,29+,30+,31+,32-/m1/s1. The van der Waals surface area contributed by atoms with Crippen molar-refractivity contribution in [1.82, 2.24) is 4.90 Å². The maximum atomic E-state index is 14.8. The lowest BCUT2D eigenvalue weighted by atomic mass is 9.87. The van der Waals surface area contributed by atoms with Gasteiger partial charge >= 0.3 is 6.09 Å². The number of benzene rings is 4. The third-order valence-corrected chi connectivity index (χ3v) is 10.6. The Bertz CT molecular complexity index is 1710. The highest BCUT2D eigenvalue weighted by Crippen LogP contribution is 2.68. The second-order valence-electron chi connectivity index (χ2n) is 12.3. The molecule has 7 nitrogen and oxygen atoms in total. The quantitative estimate of drug-likeness (QED) is 0.250. The lowest BCUT2D eigenvalue weighted by molar-refractivity contribution is -0.190. The van der Waals surface area contributed by atoms with E-state index in [9.17, 15) is 13.2 Å². The van der Waals surface area contributed by atoms with Crippen molar-refractivity contribution in [3.63, 3.8) is 0 Å². The Hall–Kier alpha value is -3.98. The number of ether oxygens (including phenoxy) is 3. The first-order valence-corrected chi connectivity index (χ1v) is 16.0. The minimum atomic E-state index is -4.12. The molecular weight excluding hydrogens is 562 g/mol. The van der Waals surface area contributed by atoms with Crippen LogP contribution in [0.5, 0.6) is 0 Å². The molecule has 3 heterocycles. The molecule has 0 saturated carbocycles. The fourth-order valence-electron chi connectivity index (χ4n) is 6.84. The second-order valence-corrected chi connectivity index (χ2v) is 14.3. The van der Waals surface area contributed by atoms with E-state index in [1.807, 2.05) is 84.9 Å². The molecule has 8 heteroatoms. The Balaban J connectivity index is 1.47. The van der Waals surface area contributed by atoms with E-state index in [1.165, 1.54) is 4.90 Å². The van der Waals surface area contributed by atoms with Crippen molar-refractivity contribution in [3.05, 3.63) is 138 Å². The monoisotopic (exact) mass is 595 g/mol. The molecule has 1 spiro atoms. The minimum Gasteiger partial charge on any atom is -0.444 e. The van der Waals surface area contributed by atoms with Crippen LogP contribution in [0.1, 0.15) is 67.3 Å². The van der Waals surface area contributed by atoms with Gasteiger partial charge in [-0.3, -0.25) is 4.90 Å². The van der Waals surface area contributed by atoms with Crippen LogP contribution in [-0.2, 0) is 24.0 Å². The summed E-state index contributed by atoms with van der Waals surface area (Å²) in [5, 5.41) is -1.27. The SMILES string of the molecule is CC(C)(C)OC(=O)N1[C@@H]2c3ccccc3[C@H]1C1(O[C@@H](c3ccccc3)[C@H](c3ccccc3)O1)[C@@H]2S(=O)(=O)c1ccccc1.